The normalized spacial score (nSPS) is 10.8. The van der Waals surface area contributed by atoms with E-state index in [-0.39, 0.29) is 5.91 Å². The predicted octanol–water partition coefficient (Wildman–Crippen LogP) is 5.92. The highest BCUT2D eigenvalue weighted by molar-refractivity contribution is 9.10. The van der Waals surface area contributed by atoms with Gasteiger partial charge in [-0.05, 0) is 54.1 Å². The van der Waals surface area contributed by atoms with Crippen LogP contribution in [0.15, 0.2) is 71.3 Å². The number of nitrogens with one attached hydrogen (secondary N) is 1. The van der Waals surface area contributed by atoms with E-state index in [1.54, 1.807) is 24.4 Å². The third-order valence-electron chi connectivity index (χ3n) is 3.45. The third kappa shape index (κ3) is 4.78. The number of benzene rings is 2. The van der Waals surface area contributed by atoms with Gasteiger partial charge >= 0.3 is 0 Å². The highest BCUT2D eigenvalue weighted by Crippen LogP contribution is 2.22. The van der Waals surface area contributed by atoms with E-state index in [9.17, 15) is 4.79 Å². The van der Waals surface area contributed by atoms with Crippen molar-refractivity contribution in [3.63, 3.8) is 0 Å². The van der Waals surface area contributed by atoms with Gasteiger partial charge in [-0.25, -0.2) is 0 Å². The van der Waals surface area contributed by atoms with Crippen molar-refractivity contribution in [1.29, 1.82) is 0 Å². The molecule has 1 amide bonds. The minimum atomic E-state index is -0.253. The van der Waals surface area contributed by atoms with E-state index in [2.05, 4.69) is 26.2 Å². The number of anilines is 1. The monoisotopic (exact) mass is 412 g/mol. The molecule has 0 saturated heterocycles. The number of carbonyl (C=O) groups is 1. The van der Waals surface area contributed by atoms with Crippen LogP contribution in [0.1, 0.15) is 21.6 Å². The maximum absolute atomic E-state index is 12.4. The zero-order valence-electron chi connectivity index (χ0n) is 13.1. The Morgan fingerprint density at radius 2 is 1.92 bits per heavy atom. The Kier molecular flexibility index (Phi) is 5.64. The quantitative estimate of drug-likeness (QED) is 0.577. The molecule has 1 heterocycles. The molecule has 0 aliphatic rings. The number of rotatable bonds is 4. The van der Waals surface area contributed by atoms with E-state index in [4.69, 9.17) is 11.6 Å². The number of hydrogen-bond donors (Lipinski definition) is 1. The van der Waals surface area contributed by atoms with E-state index in [0.29, 0.717) is 16.3 Å². The van der Waals surface area contributed by atoms with Crippen molar-refractivity contribution in [3.05, 3.63) is 93.2 Å². The van der Waals surface area contributed by atoms with Crippen molar-refractivity contribution in [2.45, 2.75) is 0 Å². The SMILES string of the molecule is O=C(Nc1cccc(/C=C/c2ccccn2)c1)c1cc(Br)ccc1Cl. The molecule has 0 radical (unpaired) electrons. The Balaban J connectivity index is 1.76. The van der Waals surface area contributed by atoms with Crippen molar-refractivity contribution in [2.75, 3.05) is 5.32 Å². The number of carbonyl (C=O) groups excluding carboxylic acids is 1. The van der Waals surface area contributed by atoms with Crippen LogP contribution in [0.3, 0.4) is 0 Å². The van der Waals surface area contributed by atoms with Crippen LogP contribution < -0.4 is 5.32 Å². The Morgan fingerprint density at radius 3 is 2.72 bits per heavy atom. The number of nitrogens with zero attached hydrogens (tertiary/aromatic N) is 1. The van der Waals surface area contributed by atoms with Crippen LogP contribution in [0.2, 0.25) is 5.02 Å². The molecule has 1 aromatic heterocycles. The average molecular weight is 414 g/mol. The number of pyridine rings is 1. The van der Waals surface area contributed by atoms with Crippen LogP contribution in [0.25, 0.3) is 12.2 Å². The molecule has 3 aromatic rings. The van der Waals surface area contributed by atoms with Gasteiger partial charge in [-0.15, -0.1) is 0 Å². The van der Waals surface area contributed by atoms with Crippen LogP contribution in [-0.2, 0) is 0 Å². The fourth-order valence-corrected chi connectivity index (χ4v) is 2.81. The largest absolute Gasteiger partial charge is 0.322 e. The lowest BCUT2D eigenvalue weighted by molar-refractivity contribution is 0.102. The highest BCUT2D eigenvalue weighted by atomic mass is 79.9. The predicted molar refractivity (Wildman–Crippen MR) is 107 cm³/mol. The van der Waals surface area contributed by atoms with Crippen LogP contribution in [0.5, 0.6) is 0 Å². The van der Waals surface area contributed by atoms with Gasteiger partial charge < -0.3 is 5.32 Å². The first-order chi connectivity index (χ1) is 12.1. The van der Waals surface area contributed by atoms with Gasteiger partial charge in [-0.1, -0.05) is 51.8 Å². The summed E-state index contributed by atoms with van der Waals surface area (Å²) < 4.78 is 0.800. The summed E-state index contributed by atoms with van der Waals surface area (Å²) in [6.07, 6.45) is 5.62. The molecule has 5 heteroatoms. The topological polar surface area (TPSA) is 42.0 Å². The van der Waals surface area contributed by atoms with Gasteiger partial charge in [-0.3, -0.25) is 9.78 Å². The van der Waals surface area contributed by atoms with E-state index in [1.807, 2.05) is 54.6 Å². The number of halogens is 2. The maximum Gasteiger partial charge on any atom is 0.257 e. The molecule has 0 aliphatic heterocycles. The molecule has 1 N–H and O–H groups in total. The van der Waals surface area contributed by atoms with Crippen molar-refractivity contribution >= 4 is 51.3 Å². The van der Waals surface area contributed by atoms with Gasteiger partial charge in [0.25, 0.3) is 5.91 Å². The molecule has 0 unspecified atom stereocenters. The second kappa shape index (κ2) is 8.10. The first-order valence-electron chi connectivity index (χ1n) is 7.57. The smallest absolute Gasteiger partial charge is 0.257 e. The zero-order valence-corrected chi connectivity index (χ0v) is 15.5. The van der Waals surface area contributed by atoms with Crippen molar-refractivity contribution in [2.24, 2.45) is 0 Å². The molecule has 124 valence electrons. The molecule has 3 nitrogen and oxygen atoms in total. The lowest BCUT2D eigenvalue weighted by atomic mass is 10.1. The van der Waals surface area contributed by atoms with E-state index in [1.165, 1.54) is 0 Å². The van der Waals surface area contributed by atoms with Crippen LogP contribution in [-0.4, -0.2) is 10.9 Å². The summed E-state index contributed by atoms with van der Waals surface area (Å²) in [4.78, 5) is 16.7. The summed E-state index contributed by atoms with van der Waals surface area (Å²) in [5.41, 5.74) is 2.95. The van der Waals surface area contributed by atoms with Gasteiger partial charge in [0.1, 0.15) is 0 Å². The molecular weight excluding hydrogens is 400 g/mol. The summed E-state index contributed by atoms with van der Waals surface area (Å²) in [6, 6.07) is 18.5. The standard InChI is InChI=1S/C20H14BrClN2O/c21-15-8-10-19(22)18(13-15)20(25)24-17-6-3-4-14(12-17)7-9-16-5-1-2-11-23-16/h1-13H,(H,24,25)/b9-7+. The Hall–Kier alpha value is -2.43. The third-order valence-corrected chi connectivity index (χ3v) is 4.27. The minimum Gasteiger partial charge on any atom is -0.322 e. The molecule has 0 atom stereocenters. The van der Waals surface area contributed by atoms with Crippen molar-refractivity contribution in [1.82, 2.24) is 4.98 Å². The van der Waals surface area contributed by atoms with E-state index in [0.717, 1.165) is 15.7 Å². The summed E-state index contributed by atoms with van der Waals surface area (Å²) in [7, 11) is 0. The van der Waals surface area contributed by atoms with Gasteiger partial charge in [0, 0.05) is 16.4 Å². The van der Waals surface area contributed by atoms with Gasteiger partial charge in [0.2, 0.25) is 0 Å². The molecule has 3 rings (SSSR count). The highest BCUT2D eigenvalue weighted by Gasteiger charge is 2.11. The zero-order chi connectivity index (χ0) is 17.6. The van der Waals surface area contributed by atoms with Gasteiger partial charge in [-0.2, -0.15) is 0 Å². The molecule has 0 spiro atoms. The van der Waals surface area contributed by atoms with Crippen LogP contribution >= 0.6 is 27.5 Å². The van der Waals surface area contributed by atoms with E-state index < -0.39 is 0 Å². The molecule has 25 heavy (non-hydrogen) atoms. The number of amides is 1. The summed E-state index contributed by atoms with van der Waals surface area (Å²) in [5, 5.41) is 3.28. The average Bonchev–Trinajstić information content (AvgIpc) is 2.63. The van der Waals surface area contributed by atoms with Gasteiger partial charge in [0.05, 0.1) is 16.3 Å². The summed E-state index contributed by atoms with van der Waals surface area (Å²) in [6.45, 7) is 0. The van der Waals surface area contributed by atoms with Gasteiger partial charge in [0.15, 0.2) is 0 Å². The second-order valence-electron chi connectivity index (χ2n) is 5.29. The first kappa shape index (κ1) is 17.4. The minimum absolute atomic E-state index is 0.253. The Bertz CT molecular complexity index is 926. The number of hydrogen-bond acceptors (Lipinski definition) is 2. The molecule has 0 fully saturated rings. The van der Waals surface area contributed by atoms with E-state index >= 15 is 0 Å². The molecule has 0 bridgehead atoms. The fraction of sp³-hybridized carbons (Fsp3) is 0. The van der Waals surface area contributed by atoms with Crippen molar-refractivity contribution < 1.29 is 4.79 Å². The van der Waals surface area contributed by atoms with Crippen molar-refractivity contribution in [3.8, 4) is 0 Å². The molecule has 2 aromatic carbocycles. The molecular formula is C20H14BrClN2O. The van der Waals surface area contributed by atoms with Crippen LogP contribution in [0.4, 0.5) is 5.69 Å². The number of aromatic nitrogens is 1. The van der Waals surface area contributed by atoms with Crippen LogP contribution in [0, 0.1) is 0 Å². The second-order valence-corrected chi connectivity index (χ2v) is 6.61. The maximum atomic E-state index is 12.4. The fourth-order valence-electron chi connectivity index (χ4n) is 2.25. The lowest BCUT2D eigenvalue weighted by Gasteiger charge is -2.08. The Labute approximate surface area is 159 Å². The lowest BCUT2D eigenvalue weighted by Crippen LogP contribution is -2.12. The summed E-state index contributed by atoms with van der Waals surface area (Å²) in [5.74, 6) is -0.253. The summed E-state index contributed by atoms with van der Waals surface area (Å²) >= 11 is 9.46. The first-order valence-corrected chi connectivity index (χ1v) is 8.74. The molecule has 0 saturated carbocycles. The molecule has 0 aliphatic carbocycles. The Morgan fingerprint density at radius 1 is 1.04 bits per heavy atom.